The summed E-state index contributed by atoms with van der Waals surface area (Å²) in [5.74, 6) is -0.206. The van der Waals surface area contributed by atoms with Gasteiger partial charge in [0.25, 0.3) is 0 Å². The van der Waals surface area contributed by atoms with E-state index in [0.717, 1.165) is 19.4 Å². The molecule has 1 heterocycles. The number of hydrogen-bond donors (Lipinski definition) is 1. The lowest BCUT2D eigenvalue weighted by Gasteiger charge is -2.33. The molecule has 0 bridgehead atoms. The van der Waals surface area contributed by atoms with Crippen LogP contribution in [0.4, 0.5) is 10.1 Å². The Balaban J connectivity index is 2.27. The molecule has 0 spiro atoms. The van der Waals surface area contributed by atoms with Crippen LogP contribution in [-0.4, -0.2) is 25.0 Å². The van der Waals surface area contributed by atoms with E-state index < -0.39 is 0 Å². The van der Waals surface area contributed by atoms with Crippen LogP contribution < -0.4 is 10.2 Å². The lowest BCUT2D eigenvalue weighted by molar-refractivity contribution is -0.121. The second-order valence-electron chi connectivity index (χ2n) is 4.63. The van der Waals surface area contributed by atoms with Crippen molar-refractivity contribution >= 4 is 11.6 Å². The van der Waals surface area contributed by atoms with Crippen LogP contribution in [-0.2, 0) is 4.79 Å². The highest BCUT2D eigenvalue weighted by molar-refractivity contribution is 5.98. The highest BCUT2D eigenvalue weighted by Crippen LogP contribution is 2.26. The second-order valence-corrected chi connectivity index (χ2v) is 4.63. The minimum Gasteiger partial charge on any atom is -0.311 e. The molecule has 1 amide bonds. The van der Waals surface area contributed by atoms with Crippen molar-refractivity contribution in [2.45, 2.75) is 32.7 Å². The zero-order chi connectivity index (χ0) is 13.1. The van der Waals surface area contributed by atoms with E-state index in [1.807, 2.05) is 13.0 Å². The Hall–Kier alpha value is -1.42. The number of piperidine rings is 1. The first-order valence-electron chi connectivity index (χ1n) is 6.45. The fourth-order valence-corrected chi connectivity index (χ4v) is 2.44. The Morgan fingerprint density at radius 3 is 3.00 bits per heavy atom. The molecule has 2 rings (SSSR count). The van der Waals surface area contributed by atoms with Gasteiger partial charge in [-0.05, 0) is 38.4 Å². The molecular weight excluding hydrogens is 231 g/mol. The highest BCUT2D eigenvalue weighted by Gasteiger charge is 2.29. The Bertz CT molecular complexity index is 445. The van der Waals surface area contributed by atoms with Gasteiger partial charge in [0.15, 0.2) is 0 Å². The van der Waals surface area contributed by atoms with Crippen LogP contribution >= 0.6 is 0 Å². The van der Waals surface area contributed by atoms with Crippen molar-refractivity contribution in [3.05, 3.63) is 29.6 Å². The number of amides is 1. The van der Waals surface area contributed by atoms with Crippen molar-refractivity contribution < 1.29 is 9.18 Å². The van der Waals surface area contributed by atoms with E-state index in [9.17, 15) is 9.18 Å². The minimum atomic E-state index is -0.258. The average Bonchev–Trinajstić information content (AvgIpc) is 2.36. The summed E-state index contributed by atoms with van der Waals surface area (Å²) >= 11 is 0. The number of nitrogens with one attached hydrogen (secondary N) is 1. The SMILES string of the molecule is CCNC1CCCN(c2cccc(F)c2C)C1=O. The first-order valence-corrected chi connectivity index (χ1v) is 6.45. The zero-order valence-electron chi connectivity index (χ0n) is 10.9. The highest BCUT2D eigenvalue weighted by atomic mass is 19.1. The lowest BCUT2D eigenvalue weighted by Crippen LogP contribution is -2.51. The molecule has 1 N–H and O–H groups in total. The minimum absolute atomic E-state index is 0.0526. The van der Waals surface area contributed by atoms with E-state index in [1.165, 1.54) is 6.07 Å². The summed E-state index contributed by atoms with van der Waals surface area (Å²) in [5, 5.41) is 3.18. The van der Waals surface area contributed by atoms with E-state index in [-0.39, 0.29) is 17.8 Å². The predicted octanol–water partition coefficient (Wildman–Crippen LogP) is 2.24. The largest absolute Gasteiger partial charge is 0.311 e. The summed E-state index contributed by atoms with van der Waals surface area (Å²) in [7, 11) is 0. The molecule has 1 aromatic carbocycles. The van der Waals surface area contributed by atoms with Gasteiger partial charge in [-0.3, -0.25) is 4.79 Å². The third-order valence-electron chi connectivity index (χ3n) is 3.42. The van der Waals surface area contributed by atoms with Gasteiger partial charge in [0, 0.05) is 17.8 Å². The Morgan fingerprint density at radius 1 is 1.50 bits per heavy atom. The van der Waals surface area contributed by atoms with Crippen LogP contribution in [0.2, 0.25) is 0 Å². The molecule has 1 fully saturated rings. The number of rotatable bonds is 3. The van der Waals surface area contributed by atoms with Gasteiger partial charge in [0.2, 0.25) is 5.91 Å². The summed E-state index contributed by atoms with van der Waals surface area (Å²) in [6, 6.07) is 4.76. The van der Waals surface area contributed by atoms with Gasteiger partial charge in [-0.1, -0.05) is 13.0 Å². The summed E-state index contributed by atoms with van der Waals surface area (Å²) in [4.78, 5) is 14.0. The summed E-state index contributed by atoms with van der Waals surface area (Å²) in [6.07, 6.45) is 1.80. The predicted molar refractivity (Wildman–Crippen MR) is 70.2 cm³/mol. The lowest BCUT2D eigenvalue weighted by atomic mass is 10.0. The molecule has 3 nitrogen and oxygen atoms in total. The van der Waals surface area contributed by atoms with Gasteiger partial charge in [0.05, 0.1) is 6.04 Å². The molecule has 4 heteroatoms. The number of halogens is 1. The molecule has 0 radical (unpaired) electrons. The molecule has 0 aromatic heterocycles. The van der Waals surface area contributed by atoms with Gasteiger partial charge in [0.1, 0.15) is 5.82 Å². The number of anilines is 1. The van der Waals surface area contributed by atoms with E-state index in [2.05, 4.69) is 5.32 Å². The van der Waals surface area contributed by atoms with Crippen molar-refractivity contribution in [3.8, 4) is 0 Å². The van der Waals surface area contributed by atoms with Crippen molar-refractivity contribution in [2.75, 3.05) is 18.0 Å². The van der Waals surface area contributed by atoms with Gasteiger partial charge in [-0.25, -0.2) is 4.39 Å². The van der Waals surface area contributed by atoms with E-state index >= 15 is 0 Å². The molecular formula is C14H19FN2O. The van der Waals surface area contributed by atoms with E-state index in [1.54, 1.807) is 17.9 Å². The molecule has 0 saturated carbocycles. The van der Waals surface area contributed by atoms with Crippen molar-refractivity contribution in [1.82, 2.24) is 5.32 Å². The van der Waals surface area contributed by atoms with Gasteiger partial charge >= 0.3 is 0 Å². The first-order chi connectivity index (χ1) is 8.65. The third kappa shape index (κ3) is 2.38. The van der Waals surface area contributed by atoms with E-state index in [0.29, 0.717) is 17.8 Å². The normalized spacial score (nSPS) is 20.3. The molecule has 1 atom stereocenters. The van der Waals surface area contributed by atoms with Crippen LogP contribution in [0.15, 0.2) is 18.2 Å². The second kappa shape index (κ2) is 5.48. The van der Waals surface area contributed by atoms with Crippen LogP contribution in [0.3, 0.4) is 0 Å². The van der Waals surface area contributed by atoms with Crippen LogP contribution in [0.25, 0.3) is 0 Å². The molecule has 1 saturated heterocycles. The fourth-order valence-electron chi connectivity index (χ4n) is 2.44. The first kappa shape index (κ1) is 13.0. The topological polar surface area (TPSA) is 32.3 Å². The molecule has 1 aromatic rings. The van der Waals surface area contributed by atoms with Crippen molar-refractivity contribution in [1.29, 1.82) is 0 Å². The van der Waals surface area contributed by atoms with E-state index in [4.69, 9.17) is 0 Å². The monoisotopic (exact) mass is 250 g/mol. The number of hydrogen-bond acceptors (Lipinski definition) is 2. The Labute approximate surface area is 107 Å². The number of nitrogens with zero attached hydrogens (tertiary/aromatic N) is 1. The maximum absolute atomic E-state index is 13.6. The zero-order valence-corrected chi connectivity index (χ0v) is 10.9. The number of carbonyl (C=O) groups is 1. The summed E-state index contributed by atoms with van der Waals surface area (Å²) < 4.78 is 13.6. The maximum Gasteiger partial charge on any atom is 0.244 e. The summed E-state index contributed by atoms with van der Waals surface area (Å²) in [5.41, 5.74) is 1.24. The number of carbonyl (C=O) groups excluding carboxylic acids is 1. The molecule has 1 aliphatic rings. The van der Waals surface area contributed by atoms with Gasteiger partial charge < -0.3 is 10.2 Å². The molecule has 1 aliphatic heterocycles. The Morgan fingerprint density at radius 2 is 2.28 bits per heavy atom. The van der Waals surface area contributed by atoms with Gasteiger partial charge in [-0.2, -0.15) is 0 Å². The molecule has 18 heavy (non-hydrogen) atoms. The molecule has 0 aliphatic carbocycles. The molecule has 98 valence electrons. The average molecular weight is 250 g/mol. The third-order valence-corrected chi connectivity index (χ3v) is 3.42. The van der Waals surface area contributed by atoms with Crippen LogP contribution in [0, 0.1) is 12.7 Å². The van der Waals surface area contributed by atoms with Crippen molar-refractivity contribution in [2.24, 2.45) is 0 Å². The summed E-state index contributed by atoms with van der Waals surface area (Å²) in [6.45, 7) is 5.14. The molecule has 1 unspecified atom stereocenters. The van der Waals surface area contributed by atoms with Gasteiger partial charge in [-0.15, -0.1) is 0 Å². The maximum atomic E-state index is 13.6. The standard InChI is InChI=1S/C14H19FN2O/c1-3-16-12-7-5-9-17(14(12)18)13-8-4-6-11(15)10(13)2/h4,6,8,12,16H,3,5,7,9H2,1-2H3. The van der Waals surface area contributed by atoms with Crippen molar-refractivity contribution in [3.63, 3.8) is 0 Å². The van der Waals surface area contributed by atoms with Crippen LogP contribution in [0.1, 0.15) is 25.3 Å². The van der Waals surface area contributed by atoms with Crippen LogP contribution in [0.5, 0.6) is 0 Å². The quantitative estimate of drug-likeness (QED) is 0.892. The smallest absolute Gasteiger partial charge is 0.244 e. The Kier molecular flexibility index (Phi) is 3.97. The number of benzene rings is 1. The number of likely N-dealkylation sites (N-methyl/N-ethyl adjacent to an activating group) is 1. The fraction of sp³-hybridized carbons (Fsp3) is 0.500.